The zero-order valence-corrected chi connectivity index (χ0v) is 13.9. The molecule has 7 heteroatoms. The van der Waals surface area contributed by atoms with Crippen molar-refractivity contribution in [2.45, 2.75) is 37.4 Å². The number of halogens is 1. The van der Waals surface area contributed by atoms with Gasteiger partial charge in [-0.3, -0.25) is 4.79 Å². The van der Waals surface area contributed by atoms with Gasteiger partial charge in [-0.2, -0.15) is 0 Å². The second kappa shape index (κ2) is 9.02. The molecular weight excluding hydrogens is 332 g/mol. The number of hydrogen-bond donors (Lipinski definition) is 4. The van der Waals surface area contributed by atoms with Gasteiger partial charge in [-0.1, -0.05) is 29.7 Å². The fourth-order valence-electron chi connectivity index (χ4n) is 2.57. The molecule has 0 aliphatic carbocycles. The van der Waals surface area contributed by atoms with Crippen LogP contribution >= 0.6 is 11.6 Å². The lowest BCUT2D eigenvalue weighted by Gasteiger charge is -2.15. The molecule has 0 unspecified atom stereocenters. The summed E-state index contributed by atoms with van der Waals surface area (Å²) in [7, 11) is 0. The summed E-state index contributed by atoms with van der Waals surface area (Å²) < 4.78 is 5.60. The summed E-state index contributed by atoms with van der Waals surface area (Å²) in [6.07, 6.45) is 1.50. The number of aliphatic hydroxyl groups is 2. The molecule has 1 aromatic carbocycles. The second-order valence-electron chi connectivity index (χ2n) is 5.64. The number of hydrogen-bond acceptors (Lipinski definition) is 5. The standard InChI is InChI=1S/C17H21ClN2O4/c1-2-6-20-15(21)8-13-16(22)17(23)14(24-13)10-19-9-11-4-3-5-12(18)7-11/h1,3-5,7,13-14,16-17,19,22-23H,6,8-10H2,(H,20,21)/t13-,14-,16+,17-/m1/s1. The van der Waals surface area contributed by atoms with Crippen molar-refractivity contribution in [3.8, 4) is 12.3 Å². The van der Waals surface area contributed by atoms with E-state index in [1.807, 2.05) is 18.2 Å². The lowest BCUT2D eigenvalue weighted by Crippen LogP contribution is -2.38. The van der Waals surface area contributed by atoms with E-state index in [9.17, 15) is 15.0 Å². The van der Waals surface area contributed by atoms with Gasteiger partial charge in [0.1, 0.15) is 12.2 Å². The maximum absolute atomic E-state index is 11.6. The van der Waals surface area contributed by atoms with Crippen LogP contribution in [0.3, 0.4) is 0 Å². The van der Waals surface area contributed by atoms with Crippen molar-refractivity contribution in [3.05, 3.63) is 34.9 Å². The summed E-state index contributed by atoms with van der Waals surface area (Å²) >= 11 is 5.92. The molecule has 1 aromatic rings. The van der Waals surface area contributed by atoms with Crippen LogP contribution in [-0.2, 0) is 16.1 Å². The van der Waals surface area contributed by atoms with E-state index in [-0.39, 0.29) is 18.9 Å². The predicted molar refractivity (Wildman–Crippen MR) is 90.3 cm³/mol. The highest BCUT2D eigenvalue weighted by molar-refractivity contribution is 6.30. The van der Waals surface area contributed by atoms with Crippen molar-refractivity contribution < 1.29 is 19.7 Å². The smallest absolute Gasteiger partial charge is 0.223 e. The first-order valence-electron chi connectivity index (χ1n) is 7.68. The van der Waals surface area contributed by atoms with Crippen molar-refractivity contribution in [2.24, 2.45) is 0 Å². The number of rotatable bonds is 7. The van der Waals surface area contributed by atoms with Crippen molar-refractivity contribution in [3.63, 3.8) is 0 Å². The molecule has 1 fully saturated rings. The highest BCUT2D eigenvalue weighted by atomic mass is 35.5. The number of amides is 1. The molecule has 1 aliphatic rings. The molecule has 1 heterocycles. The molecule has 6 nitrogen and oxygen atoms in total. The van der Waals surface area contributed by atoms with Crippen LogP contribution in [0.1, 0.15) is 12.0 Å². The monoisotopic (exact) mass is 352 g/mol. The predicted octanol–water partition coefficient (Wildman–Crippen LogP) is 0.0583. The van der Waals surface area contributed by atoms with E-state index >= 15 is 0 Å². The van der Waals surface area contributed by atoms with E-state index in [1.54, 1.807) is 6.07 Å². The Morgan fingerprint density at radius 3 is 2.79 bits per heavy atom. The summed E-state index contributed by atoms with van der Waals surface area (Å²) in [5.41, 5.74) is 1.00. The minimum absolute atomic E-state index is 0.0509. The summed E-state index contributed by atoms with van der Waals surface area (Å²) in [4.78, 5) is 11.6. The number of benzene rings is 1. The zero-order chi connectivity index (χ0) is 17.5. The average Bonchev–Trinajstić information content (AvgIpc) is 2.81. The van der Waals surface area contributed by atoms with Gasteiger partial charge < -0.3 is 25.6 Å². The highest BCUT2D eigenvalue weighted by Crippen LogP contribution is 2.23. The van der Waals surface area contributed by atoms with E-state index in [4.69, 9.17) is 22.8 Å². The maximum Gasteiger partial charge on any atom is 0.223 e. The summed E-state index contributed by atoms with van der Waals surface area (Å²) in [5.74, 6) is 1.97. The van der Waals surface area contributed by atoms with E-state index in [0.29, 0.717) is 18.1 Å². The third kappa shape index (κ3) is 5.20. The molecule has 1 amide bonds. The first-order chi connectivity index (χ1) is 11.5. The molecule has 4 N–H and O–H groups in total. The number of carbonyl (C=O) groups excluding carboxylic acids is 1. The third-order valence-electron chi connectivity index (χ3n) is 3.80. The zero-order valence-electron chi connectivity index (χ0n) is 13.1. The lowest BCUT2D eigenvalue weighted by molar-refractivity contribution is -0.124. The fraction of sp³-hybridized carbons (Fsp3) is 0.471. The van der Waals surface area contributed by atoms with Crippen LogP contribution < -0.4 is 10.6 Å². The van der Waals surface area contributed by atoms with Crippen LogP contribution in [0, 0.1) is 12.3 Å². The topological polar surface area (TPSA) is 90.8 Å². The SMILES string of the molecule is C#CCNC(=O)C[C@H]1O[C@H](CNCc2cccc(Cl)c2)[C@@H](O)[C@H]1O. The number of ether oxygens (including phenoxy) is 1. The van der Waals surface area contributed by atoms with Gasteiger partial charge in [-0.05, 0) is 17.7 Å². The molecule has 24 heavy (non-hydrogen) atoms. The van der Waals surface area contributed by atoms with Gasteiger partial charge in [-0.25, -0.2) is 0 Å². The van der Waals surface area contributed by atoms with Crippen LogP contribution in [0.25, 0.3) is 0 Å². The minimum atomic E-state index is -1.11. The van der Waals surface area contributed by atoms with Crippen molar-refractivity contribution >= 4 is 17.5 Å². The van der Waals surface area contributed by atoms with Crippen molar-refractivity contribution in [1.82, 2.24) is 10.6 Å². The van der Waals surface area contributed by atoms with Crippen molar-refractivity contribution in [1.29, 1.82) is 0 Å². The van der Waals surface area contributed by atoms with Gasteiger partial charge in [0.25, 0.3) is 0 Å². The number of terminal acetylenes is 1. The largest absolute Gasteiger partial charge is 0.388 e. The molecule has 130 valence electrons. The van der Waals surface area contributed by atoms with Crippen LogP contribution in [0.15, 0.2) is 24.3 Å². The fourth-order valence-corrected chi connectivity index (χ4v) is 2.79. The van der Waals surface area contributed by atoms with Crippen LogP contribution in [0.2, 0.25) is 5.02 Å². The number of nitrogens with one attached hydrogen (secondary N) is 2. The Labute approximate surface area is 146 Å². The van der Waals surface area contributed by atoms with Gasteiger partial charge in [0.2, 0.25) is 5.91 Å². The Balaban J connectivity index is 1.79. The molecule has 0 saturated carbocycles. The lowest BCUT2D eigenvalue weighted by atomic mass is 10.1. The summed E-state index contributed by atoms with van der Waals surface area (Å²) in [5, 5.41) is 26.4. The molecule has 1 aliphatic heterocycles. The Morgan fingerprint density at radius 1 is 1.33 bits per heavy atom. The quantitative estimate of drug-likeness (QED) is 0.521. The second-order valence-corrected chi connectivity index (χ2v) is 6.08. The van der Waals surface area contributed by atoms with Gasteiger partial charge in [0, 0.05) is 18.1 Å². The maximum atomic E-state index is 11.6. The van der Waals surface area contributed by atoms with Crippen LogP contribution in [0.5, 0.6) is 0 Å². The first-order valence-corrected chi connectivity index (χ1v) is 8.06. The first kappa shape index (κ1) is 18.7. The van der Waals surface area contributed by atoms with E-state index < -0.39 is 24.4 Å². The Bertz CT molecular complexity index is 604. The van der Waals surface area contributed by atoms with Gasteiger partial charge in [0.05, 0.1) is 25.2 Å². The van der Waals surface area contributed by atoms with Gasteiger partial charge in [-0.15, -0.1) is 6.42 Å². The van der Waals surface area contributed by atoms with Crippen LogP contribution in [0.4, 0.5) is 0 Å². The molecule has 0 radical (unpaired) electrons. The van der Waals surface area contributed by atoms with Gasteiger partial charge >= 0.3 is 0 Å². The minimum Gasteiger partial charge on any atom is -0.388 e. The molecule has 1 saturated heterocycles. The van der Waals surface area contributed by atoms with E-state index in [2.05, 4.69) is 16.6 Å². The Hall–Kier alpha value is -1.62. The molecule has 0 bridgehead atoms. The van der Waals surface area contributed by atoms with Gasteiger partial charge in [0.15, 0.2) is 0 Å². The third-order valence-corrected chi connectivity index (χ3v) is 4.03. The molecule has 2 rings (SSSR count). The van der Waals surface area contributed by atoms with Crippen LogP contribution in [-0.4, -0.2) is 53.6 Å². The molecule has 4 atom stereocenters. The highest BCUT2D eigenvalue weighted by Gasteiger charge is 2.42. The summed E-state index contributed by atoms with van der Waals surface area (Å²) in [6.45, 7) is 1.01. The molecule has 0 spiro atoms. The van der Waals surface area contributed by atoms with Crippen molar-refractivity contribution in [2.75, 3.05) is 13.1 Å². The average molecular weight is 353 g/mol. The normalized spacial score (nSPS) is 26.1. The Kier molecular flexibility index (Phi) is 7.03. The molecule has 0 aromatic heterocycles. The molecular formula is C17H21ClN2O4. The number of aliphatic hydroxyl groups excluding tert-OH is 2. The Morgan fingerprint density at radius 2 is 2.08 bits per heavy atom. The number of carbonyl (C=O) groups is 1. The summed E-state index contributed by atoms with van der Waals surface area (Å²) in [6, 6.07) is 7.42. The van der Waals surface area contributed by atoms with E-state index in [1.165, 1.54) is 0 Å². The van der Waals surface area contributed by atoms with E-state index in [0.717, 1.165) is 5.56 Å².